The molecule has 5 nitrogen and oxygen atoms in total. The second-order valence-electron chi connectivity index (χ2n) is 4.97. The molecule has 0 unspecified atom stereocenters. The Bertz CT molecular complexity index is 794. The van der Waals surface area contributed by atoms with Crippen molar-refractivity contribution in [3.8, 4) is 11.5 Å². The van der Waals surface area contributed by atoms with Gasteiger partial charge in [-0.3, -0.25) is 4.79 Å². The van der Waals surface area contributed by atoms with Gasteiger partial charge in [0.1, 0.15) is 17.3 Å². The molecule has 1 aliphatic heterocycles. The Morgan fingerprint density at radius 2 is 1.90 bits per heavy atom. The molecule has 106 valence electrons. The van der Waals surface area contributed by atoms with E-state index in [2.05, 4.69) is 10.3 Å². The number of hydrogen-bond acceptors (Lipinski definition) is 4. The summed E-state index contributed by atoms with van der Waals surface area (Å²) < 4.78 is 0. The van der Waals surface area contributed by atoms with E-state index in [4.69, 9.17) is 0 Å². The lowest BCUT2D eigenvalue weighted by Crippen LogP contribution is -2.04. The van der Waals surface area contributed by atoms with Crippen LogP contribution >= 0.6 is 0 Å². The lowest BCUT2D eigenvalue weighted by atomic mass is 10.00. The monoisotopic (exact) mass is 282 g/mol. The molecule has 0 bridgehead atoms. The minimum absolute atomic E-state index is 0.0773. The second kappa shape index (κ2) is 4.63. The Morgan fingerprint density at radius 3 is 2.62 bits per heavy atom. The first-order valence-electron chi connectivity index (χ1n) is 6.50. The van der Waals surface area contributed by atoms with Gasteiger partial charge in [0.2, 0.25) is 0 Å². The Balaban J connectivity index is 2.22. The molecular weight excluding hydrogens is 268 g/mol. The van der Waals surface area contributed by atoms with E-state index in [0.717, 1.165) is 0 Å². The number of phenolic OH excluding ortho intramolecular Hbond substituents is 1. The standard InChI is InChI=1S/C16H14N2O3/c1-8-13-11(7-10-5-3-4-6-12(10)19)16(21)18-15(13)17-9(2)14(8)20/h3-7,19-20H,1-2H3,(H,17,18,21)/b11-7-. The topological polar surface area (TPSA) is 82.5 Å². The van der Waals surface area contributed by atoms with E-state index in [9.17, 15) is 15.0 Å². The SMILES string of the molecule is Cc1nc2c(c(C)c1O)/C(=C/c1ccccc1O)C(=O)N2. The predicted octanol–water partition coefficient (Wildman–Crippen LogP) is 2.60. The van der Waals surface area contributed by atoms with Crippen LogP contribution in [0.5, 0.6) is 11.5 Å². The quantitative estimate of drug-likeness (QED) is 0.702. The average Bonchev–Trinajstić information content (AvgIpc) is 2.75. The van der Waals surface area contributed by atoms with E-state index >= 15 is 0 Å². The highest BCUT2D eigenvalue weighted by molar-refractivity contribution is 6.35. The number of nitrogens with one attached hydrogen (secondary N) is 1. The molecule has 1 aromatic heterocycles. The van der Waals surface area contributed by atoms with Crippen molar-refractivity contribution in [2.24, 2.45) is 0 Å². The number of phenols is 1. The maximum atomic E-state index is 12.1. The van der Waals surface area contributed by atoms with Crippen LogP contribution in [0.15, 0.2) is 24.3 Å². The van der Waals surface area contributed by atoms with Gasteiger partial charge in [0.15, 0.2) is 0 Å². The number of benzene rings is 1. The van der Waals surface area contributed by atoms with Gasteiger partial charge in [0, 0.05) is 16.7 Å². The molecule has 1 aliphatic rings. The maximum absolute atomic E-state index is 12.1. The van der Waals surface area contributed by atoms with Gasteiger partial charge in [-0.2, -0.15) is 0 Å². The molecule has 0 aliphatic carbocycles. The highest BCUT2D eigenvalue weighted by Gasteiger charge is 2.29. The molecule has 3 N–H and O–H groups in total. The summed E-state index contributed by atoms with van der Waals surface area (Å²) in [6, 6.07) is 6.75. The highest BCUT2D eigenvalue weighted by Crippen LogP contribution is 2.39. The molecule has 2 heterocycles. The van der Waals surface area contributed by atoms with Gasteiger partial charge in [-0.05, 0) is 26.0 Å². The first-order chi connectivity index (χ1) is 9.99. The Morgan fingerprint density at radius 1 is 1.19 bits per heavy atom. The number of rotatable bonds is 1. The highest BCUT2D eigenvalue weighted by atomic mass is 16.3. The van der Waals surface area contributed by atoms with Gasteiger partial charge in [-0.1, -0.05) is 18.2 Å². The lowest BCUT2D eigenvalue weighted by molar-refractivity contribution is -0.110. The van der Waals surface area contributed by atoms with Crippen molar-refractivity contribution < 1.29 is 15.0 Å². The third-order valence-corrected chi connectivity index (χ3v) is 3.57. The normalized spacial score (nSPS) is 15.1. The van der Waals surface area contributed by atoms with Crippen LogP contribution in [0.2, 0.25) is 0 Å². The second-order valence-corrected chi connectivity index (χ2v) is 4.97. The van der Waals surface area contributed by atoms with Crippen LogP contribution in [0.1, 0.15) is 22.4 Å². The molecule has 1 aromatic carbocycles. The molecule has 0 spiro atoms. The third kappa shape index (κ3) is 2.03. The van der Waals surface area contributed by atoms with Crippen molar-refractivity contribution in [2.45, 2.75) is 13.8 Å². The number of aryl methyl sites for hydroxylation is 1. The fourth-order valence-corrected chi connectivity index (χ4v) is 2.46. The number of pyridine rings is 1. The van der Waals surface area contributed by atoms with Crippen molar-refractivity contribution in [1.29, 1.82) is 0 Å². The first kappa shape index (κ1) is 13.2. The van der Waals surface area contributed by atoms with Crippen molar-refractivity contribution >= 4 is 23.4 Å². The van der Waals surface area contributed by atoms with Crippen LogP contribution in [-0.4, -0.2) is 21.1 Å². The van der Waals surface area contributed by atoms with E-state index in [1.54, 1.807) is 44.2 Å². The predicted molar refractivity (Wildman–Crippen MR) is 80.0 cm³/mol. The summed E-state index contributed by atoms with van der Waals surface area (Å²) in [5, 5.41) is 22.5. The molecule has 3 rings (SSSR count). The third-order valence-electron chi connectivity index (χ3n) is 3.57. The number of aromatic hydroxyl groups is 2. The van der Waals surface area contributed by atoms with E-state index in [0.29, 0.717) is 33.8 Å². The number of amides is 1. The number of fused-ring (bicyclic) bond motifs is 1. The van der Waals surface area contributed by atoms with Crippen molar-refractivity contribution in [3.63, 3.8) is 0 Å². The number of para-hydroxylation sites is 1. The first-order valence-corrected chi connectivity index (χ1v) is 6.50. The van der Waals surface area contributed by atoms with Crippen LogP contribution in [0.3, 0.4) is 0 Å². The van der Waals surface area contributed by atoms with Crippen LogP contribution in [-0.2, 0) is 4.79 Å². The molecule has 0 atom stereocenters. The van der Waals surface area contributed by atoms with Gasteiger partial charge in [0.05, 0.1) is 11.3 Å². The summed E-state index contributed by atoms with van der Waals surface area (Å²) in [6.45, 7) is 3.42. The minimum Gasteiger partial charge on any atom is -0.507 e. The summed E-state index contributed by atoms with van der Waals surface area (Å²) in [5.74, 6) is 0.310. The smallest absolute Gasteiger partial charge is 0.257 e. The summed E-state index contributed by atoms with van der Waals surface area (Å²) >= 11 is 0. The average molecular weight is 282 g/mol. The van der Waals surface area contributed by atoms with Crippen molar-refractivity contribution in [3.05, 3.63) is 46.6 Å². The number of nitrogens with zero attached hydrogens (tertiary/aromatic N) is 1. The van der Waals surface area contributed by atoms with Gasteiger partial charge >= 0.3 is 0 Å². The molecule has 5 heteroatoms. The number of carbonyl (C=O) groups excluding carboxylic acids is 1. The summed E-state index contributed by atoms with van der Waals surface area (Å²) in [6.07, 6.45) is 1.60. The van der Waals surface area contributed by atoms with Crippen molar-refractivity contribution in [2.75, 3.05) is 5.32 Å². The van der Waals surface area contributed by atoms with Gasteiger partial charge < -0.3 is 15.5 Å². The van der Waals surface area contributed by atoms with E-state index in [-0.39, 0.29) is 17.4 Å². The molecule has 1 amide bonds. The van der Waals surface area contributed by atoms with Gasteiger partial charge in [-0.25, -0.2) is 4.98 Å². The molecule has 0 radical (unpaired) electrons. The number of carbonyl (C=O) groups is 1. The lowest BCUT2D eigenvalue weighted by Gasteiger charge is -2.08. The van der Waals surface area contributed by atoms with Gasteiger partial charge in [-0.15, -0.1) is 0 Å². The van der Waals surface area contributed by atoms with E-state index < -0.39 is 0 Å². The number of aromatic nitrogens is 1. The number of anilines is 1. The summed E-state index contributed by atoms with van der Waals surface area (Å²) in [4.78, 5) is 16.3. The Hall–Kier alpha value is -2.82. The molecular formula is C16H14N2O3. The van der Waals surface area contributed by atoms with E-state index in [1.807, 2.05) is 0 Å². The fourth-order valence-electron chi connectivity index (χ4n) is 2.46. The van der Waals surface area contributed by atoms with Crippen molar-refractivity contribution in [1.82, 2.24) is 4.98 Å². The van der Waals surface area contributed by atoms with Crippen LogP contribution in [0, 0.1) is 13.8 Å². The molecule has 21 heavy (non-hydrogen) atoms. The zero-order chi connectivity index (χ0) is 15.1. The fraction of sp³-hybridized carbons (Fsp3) is 0.125. The maximum Gasteiger partial charge on any atom is 0.257 e. The molecule has 0 saturated carbocycles. The summed E-state index contributed by atoms with van der Waals surface area (Å²) in [5.41, 5.74) is 2.56. The van der Waals surface area contributed by atoms with Gasteiger partial charge in [0.25, 0.3) is 5.91 Å². The number of hydrogen-bond donors (Lipinski definition) is 3. The molecule has 0 saturated heterocycles. The zero-order valence-electron chi connectivity index (χ0n) is 11.6. The summed E-state index contributed by atoms with van der Waals surface area (Å²) in [7, 11) is 0. The Labute approximate surface area is 121 Å². The Kier molecular flexibility index (Phi) is 2.90. The largest absolute Gasteiger partial charge is 0.507 e. The molecule has 0 fully saturated rings. The minimum atomic E-state index is -0.297. The van der Waals surface area contributed by atoms with E-state index in [1.165, 1.54) is 0 Å². The van der Waals surface area contributed by atoms with Crippen LogP contribution in [0.25, 0.3) is 11.6 Å². The molecule has 2 aromatic rings. The zero-order valence-corrected chi connectivity index (χ0v) is 11.6. The van der Waals surface area contributed by atoms with Crippen LogP contribution < -0.4 is 5.32 Å². The van der Waals surface area contributed by atoms with Crippen LogP contribution in [0.4, 0.5) is 5.82 Å².